The lowest BCUT2D eigenvalue weighted by Gasteiger charge is -2.23. The average Bonchev–Trinajstić information content (AvgIpc) is 2.35. The number of rotatable bonds is 7. The van der Waals surface area contributed by atoms with Crippen molar-refractivity contribution in [2.24, 2.45) is 0 Å². The number of halogens is 1. The zero-order chi connectivity index (χ0) is 13.5. The van der Waals surface area contributed by atoms with E-state index in [9.17, 15) is 0 Å². The largest absolute Gasteiger partial charge is 0.309 e. The molecule has 1 rings (SSSR count). The van der Waals surface area contributed by atoms with Gasteiger partial charge in [-0.3, -0.25) is 0 Å². The molecule has 0 fully saturated rings. The maximum absolute atomic E-state index is 3.63. The Hall–Kier alpha value is -0.380. The molecular formula is C15H25BrN2. The smallest absolute Gasteiger partial charge is 0.0318 e. The minimum Gasteiger partial charge on any atom is -0.309 e. The molecular weight excluding hydrogens is 288 g/mol. The molecule has 0 aliphatic carbocycles. The third kappa shape index (κ3) is 5.09. The minimum absolute atomic E-state index is 0.457. The van der Waals surface area contributed by atoms with Gasteiger partial charge in [0.2, 0.25) is 0 Å². The number of likely N-dealkylation sites (N-methyl/N-ethyl adjacent to an activating group) is 1. The molecule has 1 atom stereocenters. The van der Waals surface area contributed by atoms with Crippen molar-refractivity contribution in [3.05, 3.63) is 34.3 Å². The molecule has 0 saturated carbocycles. The van der Waals surface area contributed by atoms with Crippen LogP contribution in [0, 0.1) is 0 Å². The van der Waals surface area contributed by atoms with Gasteiger partial charge >= 0.3 is 0 Å². The second-order valence-electron chi connectivity index (χ2n) is 5.04. The van der Waals surface area contributed by atoms with Crippen LogP contribution in [-0.4, -0.2) is 31.1 Å². The van der Waals surface area contributed by atoms with E-state index in [0.717, 1.165) is 24.0 Å². The van der Waals surface area contributed by atoms with Crippen LogP contribution >= 0.6 is 15.9 Å². The summed E-state index contributed by atoms with van der Waals surface area (Å²) in [6.07, 6.45) is 1.12. The summed E-state index contributed by atoms with van der Waals surface area (Å²) in [5, 5.41) is 3.63. The maximum atomic E-state index is 3.63. The molecule has 0 aliphatic rings. The molecule has 0 bridgehead atoms. The second kappa shape index (κ2) is 7.93. The highest BCUT2D eigenvalue weighted by Gasteiger charge is 2.09. The maximum Gasteiger partial charge on any atom is 0.0318 e. The number of hydrogen-bond acceptors (Lipinski definition) is 2. The first kappa shape index (κ1) is 15.7. The SMILES string of the molecule is CCC(NCCN(C)C(C)C)c1ccc(Br)cc1. The van der Waals surface area contributed by atoms with Crippen LogP contribution in [0.2, 0.25) is 0 Å². The summed E-state index contributed by atoms with van der Waals surface area (Å²) in [7, 11) is 2.17. The molecule has 18 heavy (non-hydrogen) atoms. The van der Waals surface area contributed by atoms with Gasteiger partial charge in [-0.25, -0.2) is 0 Å². The molecule has 3 heteroatoms. The van der Waals surface area contributed by atoms with Crippen LogP contribution in [-0.2, 0) is 0 Å². The van der Waals surface area contributed by atoms with Gasteiger partial charge in [0, 0.05) is 29.6 Å². The van der Waals surface area contributed by atoms with E-state index < -0.39 is 0 Å². The number of hydrogen-bond donors (Lipinski definition) is 1. The molecule has 0 saturated heterocycles. The van der Waals surface area contributed by atoms with Crippen LogP contribution in [0.4, 0.5) is 0 Å². The predicted octanol–water partition coefficient (Wildman–Crippen LogP) is 3.83. The zero-order valence-corrected chi connectivity index (χ0v) is 13.5. The lowest BCUT2D eigenvalue weighted by atomic mass is 10.0. The second-order valence-corrected chi connectivity index (χ2v) is 5.96. The molecule has 1 aromatic rings. The molecule has 2 nitrogen and oxygen atoms in total. The van der Waals surface area contributed by atoms with Crippen molar-refractivity contribution in [3.63, 3.8) is 0 Å². The van der Waals surface area contributed by atoms with Crippen molar-refractivity contribution >= 4 is 15.9 Å². The molecule has 1 N–H and O–H groups in total. The minimum atomic E-state index is 0.457. The van der Waals surface area contributed by atoms with Crippen LogP contribution in [0.3, 0.4) is 0 Å². The van der Waals surface area contributed by atoms with E-state index in [-0.39, 0.29) is 0 Å². The fraction of sp³-hybridized carbons (Fsp3) is 0.600. The van der Waals surface area contributed by atoms with Crippen molar-refractivity contribution in [1.82, 2.24) is 10.2 Å². The number of nitrogens with zero attached hydrogens (tertiary/aromatic N) is 1. The zero-order valence-electron chi connectivity index (χ0n) is 11.9. The Morgan fingerprint density at radius 3 is 2.33 bits per heavy atom. The third-order valence-corrected chi connectivity index (χ3v) is 3.95. The van der Waals surface area contributed by atoms with Crippen molar-refractivity contribution < 1.29 is 0 Å². The lowest BCUT2D eigenvalue weighted by Crippen LogP contribution is -2.35. The van der Waals surface area contributed by atoms with Crippen LogP contribution in [0.5, 0.6) is 0 Å². The van der Waals surface area contributed by atoms with Gasteiger partial charge in [-0.2, -0.15) is 0 Å². The van der Waals surface area contributed by atoms with Gasteiger partial charge in [-0.1, -0.05) is 35.0 Å². The third-order valence-electron chi connectivity index (χ3n) is 3.42. The van der Waals surface area contributed by atoms with Crippen molar-refractivity contribution in [3.8, 4) is 0 Å². The topological polar surface area (TPSA) is 15.3 Å². The van der Waals surface area contributed by atoms with Gasteiger partial charge in [-0.15, -0.1) is 0 Å². The van der Waals surface area contributed by atoms with Crippen LogP contribution in [0.15, 0.2) is 28.7 Å². The first-order chi connectivity index (χ1) is 8.54. The summed E-state index contributed by atoms with van der Waals surface area (Å²) in [5.74, 6) is 0. The molecule has 0 heterocycles. The molecule has 1 aromatic carbocycles. The first-order valence-electron chi connectivity index (χ1n) is 6.73. The van der Waals surface area contributed by atoms with E-state index in [1.165, 1.54) is 5.56 Å². The van der Waals surface area contributed by atoms with Gasteiger partial charge in [0.15, 0.2) is 0 Å². The summed E-state index contributed by atoms with van der Waals surface area (Å²) >= 11 is 3.48. The molecule has 0 spiro atoms. The van der Waals surface area contributed by atoms with Crippen molar-refractivity contribution in [1.29, 1.82) is 0 Å². The molecule has 102 valence electrons. The first-order valence-corrected chi connectivity index (χ1v) is 7.53. The lowest BCUT2D eigenvalue weighted by molar-refractivity contribution is 0.268. The highest BCUT2D eigenvalue weighted by atomic mass is 79.9. The molecule has 0 aliphatic heterocycles. The molecule has 1 unspecified atom stereocenters. The van der Waals surface area contributed by atoms with Crippen molar-refractivity contribution in [2.45, 2.75) is 39.3 Å². The predicted molar refractivity (Wildman–Crippen MR) is 82.9 cm³/mol. The summed E-state index contributed by atoms with van der Waals surface area (Å²) in [4.78, 5) is 2.36. The fourth-order valence-electron chi connectivity index (χ4n) is 1.87. The van der Waals surface area contributed by atoms with Crippen LogP contribution < -0.4 is 5.32 Å². The molecule has 0 aromatic heterocycles. The summed E-state index contributed by atoms with van der Waals surface area (Å²) in [5.41, 5.74) is 1.37. The monoisotopic (exact) mass is 312 g/mol. The Morgan fingerprint density at radius 2 is 1.83 bits per heavy atom. The van der Waals surface area contributed by atoms with Gasteiger partial charge in [0.1, 0.15) is 0 Å². The molecule has 0 amide bonds. The van der Waals surface area contributed by atoms with E-state index in [2.05, 4.69) is 78.2 Å². The van der Waals surface area contributed by atoms with E-state index in [1.807, 2.05) is 0 Å². The molecule has 0 radical (unpaired) electrons. The van der Waals surface area contributed by atoms with E-state index in [1.54, 1.807) is 0 Å². The van der Waals surface area contributed by atoms with Gasteiger partial charge in [-0.05, 0) is 45.0 Å². The van der Waals surface area contributed by atoms with Gasteiger partial charge < -0.3 is 10.2 Å². The standard InChI is InChI=1S/C15H25BrN2/c1-5-15(13-6-8-14(16)9-7-13)17-10-11-18(4)12(2)3/h6-9,12,15,17H,5,10-11H2,1-4H3. The summed E-state index contributed by atoms with van der Waals surface area (Å²) in [6.45, 7) is 8.80. The van der Waals surface area contributed by atoms with E-state index in [0.29, 0.717) is 12.1 Å². The van der Waals surface area contributed by atoms with E-state index >= 15 is 0 Å². The number of nitrogens with one attached hydrogen (secondary N) is 1. The quantitative estimate of drug-likeness (QED) is 0.823. The Morgan fingerprint density at radius 1 is 1.22 bits per heavy atom. The fourth-order valence-corrected chi connectivity index (χ4v) is 2.13. The van der Waals surface area contributed by atoms with Gasteiger partial charge in [0.05, 0.1) is 0 Å². The van der Waals surface area contributed by atoms with Crippen molar-refractivity contribution in [2.75, 3.05) is 20.1 Å². The Labute approximate surface area is 120 Å². The Bertz CT molecular complexity index is 335. The Balaban J connectivity index is 2.45. The van der Waals surface area contributed by atoms with E-state index in [4.69, 9.17) is 0 Å². The highest BCUT2D eigenvalue weighted by Crippen LogP contribution is 2.19. The van der Waals surface area contributed by atoms with Crippen LogP contribution in [0.25, 0.3) is 0 Å². The highest BCUT2D eigenvalue weighted by molar-refractivity contribution is 9.10. The normalized spacial score (nSPS) is 13.3. The summed E-state index contributed by atoms with van der Waals surface area (Å²) < 4.78 is 1.14. The van der Waals surface area contributed by atoms with Crippen LogP contribution in [0.1, 0.15) is 38.8 Å². The number of benzene rings is 1. The average molecular weight is 313 g/mol. The summed E-state index contributed by atoms with van der Waals surface area (Å²) in [6, 6.07) is 9.67. The Kier molecular flexibility index (Phi) is 6.90. The van der Waals surface area contributed by atoms with Gasteiger partial charge in [0.25, 0.3) is 0 Å².